The van der Waals surface area contributed by atoms with Crippen LogP contribution >= 0.6 is 11.8 Å². The first-order valence-corrected chi connectivity index (χ1v) is 8.16. The molecule has 16 heavy (non-hydrogen) atoms. The Hall–Kier alpha value is 0.0200. The Balaban J connectivity index is 1.68. The summed E-state index contributed by atoms with van der Waals surface area (Å²) >= 11 is 2.22. The van der Waals surface area contributed by atoms with Gasteiger partial charge in [-0.25, -0.2) is 0 Å². The van der Waals surface area contributed by atoms with Crippen molar-refractivity contribution in [3.8, 4) is 0 Å². The standard InChI is InChI=1S/C14H23NS/c1-2-6-11(7-3-1)13-10-16-14-9-5-4-8-12(14)15-13/h11-12,14H,1-10H2/t12-,14-/m1/s1. The summed E-state index contributed by atoms with van der Waals surface area (Å²) in [6.07, 6.45) is 12.9. The van der Waals surface area contributed by atoms with E-state index in [1.54, 1.807) is 5.71 Å². The molecule has 2 fully saturated rings. The molecule has 0 aromatic heterocycles. The van der Waals surface area contributed by atoms with Gasteiger partial charge in [0.1, 0.15) is 0 Å². The number of thioether (sulfide) groups is 1. The van der Waals surface area contributed by atoms with Gasteiger partial charge in [-0.15, -0.1) is 0 Å². The van der Waals surface area contributed by atoms with Crippen LogP contribution in [0.1, 0.15) is 57.8 Å². The van der Waals surface area contributed by atoms with E-state index in [-0.39, 0.29) is 0 Å². The lowest BCUT2D eigenvalue weighted by molar-refractivity contribution is 0.422. The van der Waals surface area contributed by atoms with Gasteiger partial charge in [0.05, 0.1) is 6.04 Å². The van der Waals surface area contributed by atoms with Crippen molar-refractivity contribution >= 4 is 17.5 Å². The van der Waals surface area contributed by atoms with Gasteiger partial charge in [0.25, 0.3) is 0 Å². The van der Waals surface area contributed by atoms with Crippen molar-refractivity contribution in [2.75, 3.05) is 5.75 Å². The largest absolute Gasteiger partial charge is 0.288 e. The van der Waals surface area contributed by atoms with Crippen molar-refractivity contribution in [2.45, 2.75) is 69.1 Å². The van der Waals surface area contributed by atoms with E-state index in [4.69, 9.17) is 4.99 Å². The van der Waals surface area contributed by atoms with Crippen LogP contribution in [0, 0.1) is 5.92 Å². The molecular weight excluding hydrogens is 214 g/mol. The fraction of sp³-hybridized carbons (Fsp3) is 0.929. The second-order valence-corrected chi connectivity index (χ2v) is 6.88. The molecular formula is C14H23NS. The fourth-order valence-electron chi connectivity index (χ4n) is 3.52. The van der Waals surface area contributed by atoms with Crippen molar-refractivity contribution in [1.82, 2.24) is 0 Å². The zero-order chi connectivity index (χ0) is 10.8. The van der Waals surface area contributed by atoms with Gasteiger partial charge in [0, 0.05) is 16.7 Å². The summed E-state index contributed by atoms with van der Waals surface area (Å²) in [6, 6.07) is 0.699. The molecule has 90 valence electrons. The molecule has 2 aliphatic carbocycles. The summed E-state index contributed by atoms with van der Waals surface area (Å²) in [4.78, 5) is 5.12. The Bertz CT molecular complexity index is 268. The molecule has 1 aliphatic heterocycles. The molecule has 2 saturated carbocycles. The lowest BCUT2D eigenvalue weighted by Crippen LogP contribution is -2.35. The van der Waals surface area contributed by atoms with Crippen LogP contribution in [0.2, 0.25) is 0 Å². The van der Waals surface area contributed by atoms with Crippen LogP contribution in [0.15, 0.2) is 4.99 Å². The van der Waals surface area contributed by atoms with Gasteiger partial charge in [-0.2, -0.15) is 11.8 Å². The van der Waals surface area contributed by atoms with E-state index in [0.29, 0.717) is 6.04 Å². The van der Waals surface area contributed by atoms with E-state index < -0.39 is 0 Å². The molecule has 0 aromatic carbocycles. The summed E-state index contributed by atoms with van der Waals surface area (Å²) < 4.78 is 0. The zero-order valence-corrected chi connectivity index (χ0v) is 11.0. The summed E-state index contributed by atoms with van der Waals surface area (Å²) in [5.74, 6) is 2.12. The Morgan fingerprint density at radius 3 is 2.50 bits per heavy atom. The first-order valence-electron chi connectivity index (χ1n) is 7.11. The average Bonchev–Trinajstić information content (AvgIpc) is 2.39. The van der Waals surface area contributed by atoms with Crippen molar-refractivity contribution < 1.29 is 0 Å². The molecule has 0 N–H and O–H groups in total. The van der Waals surface area contributed by atoms with Crippen LogP contribution < -0.4 is 0 Å². The van der Waals surface area contributed by atoms with Crippen molar-refractivity contribution in [3.05, 3.63) is 0 Å². The molecule has 0 aromatic rings. The van der Waals surface area contributed by atoms with Crippen LogP contribution in [0.5, 0.6) is 0 Å². The number of hydrogen-bond donors (Lipinski definition) is 0. The number of aliphatic imine (C=N–C) groups is 1. The Labute approximate surface area is 103 Å². The maximum atomic E-state index is 5.12. The highest BCUT2D eigenvalue weighted by Gasteiger charge is 2.31. The molecule has 0 unspecified atom stereocenters. The number of hydrogen-bond acceptors (Lipinski definition) is 2. The van der Waals surface area contributed by atoms with Gasteiger partial charge < -0.3 is 0 Å². The summed E-state index contributed by atoms with van der Waals surface area (Å²) in [5.41, 5.74) is 1.59. The van der Waals surface area contributed by atoms with E-state index in [0.717, 1.165) is 11.2 Å². The SMILES string of the molecule is C1CCC(C2=N[C@@H]3CCCC[C@H]3SC2)CC1. The third kappa shape index (κ3) is 2.32. The second kappa shape index (κ2) is 5.12. The molecule has 2 heteroatoms. The average molecular weight is 237 g/mol. The van der Waals surface area contributed by atoms with Crippen molar-refractivity contribution in [3.63, 3.8) is 0 Å². The molecule has 1 heterocycles. The minimum Gasteiger partial charge on any atom is -0.288 e. The Morgan fingerprint density at radius 1 is 0.875 bits per heavy atom. The van der Waals surface area contributed by atoms with Gasteiger partial charge in [-0.1, -0.05) is 32.1 Å². The van der Waals surface area contributed by atoms with Gasteiger partial charge in [0.15, 0.2) is 0 Å². The zero-order valence-electron chi connectivity index (χ0n) is 10.2. The van der Waals surface area contributed by atoms with Crippen molar-refractivity contribution in [2.24, 2.45) is 10.9 Å². The topological polar surface area (TPSA) is 12.4 Å². The number of nitrogens with zero attached hydrogens (tertiary/aromatic N) is 1. The van der Waals surface area contributed by atoms with Crippen LogP contribution in [0.4, 0.5) is 0 Å². The van der Waals surface area contributed by atoms with Gasteiger partial charge in [-0.05, 0) is 31.6 Å². The first-order chi connectivity index (χ1) is 7.93. The minimum absolute atomic E-state index is 0.699. The van der Waals surface area contributed by atoms with E-state index in [1.807, 2.05) is 0 Å². The predicted molar refractivity (Wildman–Crippen MR) is 72.5 cm³/mol. The van der Waals surface area contributed by atoms with E-state index in [1.165, 1.54) is 63.5 Å². The highest BCUT2D eigenvalue weighted by Crippen LogP contribution is 2.37. The summed E-state index contributed by atoms with van der Waals surface area (Å²) in [5, 5.41) is 0.876. The second-order valence-electron chi connectivity index (χ2n) is 5.66. The maximum Gasteiger partial charge on any atom is 0.0618 e. The lowest BCUT2D eigenvalue weighted by atomic mass is 9.85. The molecule has 0 amide bonds. The van der Waals surface area contributed by atoms with Gasteiger partial charge in [-0.3, -0.25) is 4.99 Å². The van der Waals surface area contributed by atoms with Crippen LogP contribution in [0.3, 0.4) is 0 Å². The van der Waals surface area contributed by atoms with Crippen LogP contribution in [0.25, 0.3) is 0 Å². The summed E-state index contributed by atoms with van der Waals surface area (Å²) in [7, 11) is 0. The molecule has 0 bridgehead atoms. The van der Waals surface area contributed by atoms with Crippen LogP contribution in [-0.2, 0) is 0 Å². The lowest BCUT2D eigenvalue weighted by Gasteiger charge is -2.35. The van der Waals surface area contributed by atoms with Gasteiger partial charge in [0.2, 0.25) is 0 Å². The molecule has 3 aliphatic rings. The van der Waals surface area contributed by atoms with Crippen LogP contribution in [-0.4, -0.2) is 22.8 Å². The molecule has 0 radical (unpaired) electrons. The highest BCUT2D eigenvalue weighted by molar-refractivity contribution is 8.00. The molecule has 2 atom stereocenters. The molecule has 0 spiro atoms. The third-order valence-corrected chi connectivity index (χ3v) is 5.96. The number of fused-ring (bicyclic) bond motifs is 1. The predicted octanol–water partition coefficient (Wildman–Crippen LogP) is 4.07. The summed E-state index contributed by atoms with van der Waals surface area (Å²) in [6.45, 7) is 0. The van der Waals surface area contributed by atoms with E-state index in [9.17, 15) is 0 Å². The monoisotopic (exact) mass is 237 g/mol. The van der Waals surface area contributed by atoms with Crippen molar-refractivity contribution in [1.29, 1.82) is 0 Å². The molecule has 0 saturated heterocycles. The fourth-order valence-corrected chi connectivity index (χ4v) is 4.97. The number of rotatable bonds is 1. The normalized spacial score (nSPS) is 36.6. The smallest absolute Gasteiger partial charge is 0.0618 e. The third-order valence-electron chi connectivity index (χ3n) is 4.52. The Morgan fingerprint density at radius 2 is 1.62 bits per heavy atom. The molecule has 3 rings (SSSR count). The van der Waals surface area contributed by atoms with E-state index in [2.05, 4.69) is 11.8 Å². The van der Waals surface area contributed by atoms with Gasteiger partial charge >= 0.3 is 0 Å². The highest BCUT2D eigenvalue weighted by atomic mass is 32.2. The quantitative estimate of drug-likeness (QED) is 0.670. The first kappa shape index (κ1) is 11.1. The molecule has 1 nitrogen and oxygen atoms in total. The maximum absolute atomic E-state index is 5.12. The Kier molecular flexibility index (Phi) is 3.56. The van der Waals surface area contributed by atoms with E-state index >= 15 is 0 Å². The minimum atomic E-state index is 0.699.